The molecule has 0 saturated heterocycles. The van der Waals surface area contributed by atoms with Crippen LogP contribution in [0.5, 0.6) is 5.75 Å². The summed E-state index contributed by atoms with van der Waals surface area (Å²) in [5.74, 6) is -1.65. The van der Waals surface area contributed by atoms with Gasteiger partial charge in [0, 0.05) is 28.3 Å². The first-order valence-electron chi connectivity index (χ1n) is 10.00. The molecule has 0 bridgehead atoms. The number of nitrogen functional groups attached to an aromatic ring is 1. The summed E-state index contributed by atoms with van der Waals surface area (Å²) in [4.78, 5) is 35.4. The topological polar surface area (TPSA) is 125 Å². The van der Waals surface area contributed by atoms with Gasteiger partial charge in [-0.05, 0) is 35.9 Å². The van der Waals surface area contributed by atoms with Crippen LogP contribution in [0.25, 0.3) is 0 Å². The minimum absolute atomic E-state index is 0.00899. The molecule has 0 fully saturated rings. The summed E-state index contributed by atoms with van der Waals surface area (Å²) in [5, 5.41) is 2.85. The maximum absolute atomic E-state index is 15.2. The maximum Gasteiger partial charge on any atom is 0.253 e. The highest BCUT2D eigenvalue weighted by atomic mass is 19.1. The van der Waals surface area contributed by atoms with Crippen LogP contribution < -0.4 is 32.4 Å². The van der Waals surface area contributed by atoms with Crippen molar-refractivity contribution in [3.05, 3.63) is 115 Å². The lowest BCUT2D eigenvalue weighted by Crippen LogP contribution is -2.36. The van der Waals surface area contributed by atoms with Crippen LogP contribution >= 0.6 is 0 Å². The summed E-state index contributed by atoms with van der Waals surface area (Å²) in [6, 6.07) is 18.0. The smallest absolute Gasteiger partial charge is 0.253 e. The zero-order chi connectivity index (χ0) is 23.7. The van der Waals surface area contributed by atoms with Crippen molar-refractivity contribution in [1.29, 1.82) is 0 Å². The van der Waals surface area contributed by atoms with Crippen LogP contribution in [-0.2, 0) is 0 Å². The van der Waals surface area contributed by atoms with E-state index in [9.17, 15) is 14.4 Å². The summed E-state index contributed by atoms with van der Waals surface area (Å²) < 4.78 is 20.7. The third kappa shape index (κ3) is 3.82. The van der Waals surface area contributed by atoms with E-state index in [1.54, 1.807) is 48.5 Å². The van der Waals surface area contributed by atoms with Gasteiger partial charge in [0.15, 0.2) is 0 Å². The van der Waals surface area contributed by atoms with Crippen molar-refractivity contribution in [3.8, 4) is 5.75 Å². The summed E-state index contributed by atoms with van der Waals surface area (Å²) in [5.41, 5.74) is 11.4. The van der Waals surface area contributed by atoms with E-state index in [4.69, 9.17) is 16.2 Å². The molecule has 5 N–H and O–H groups in total. The molecule has 1 unspecified atom stereocenters. The molecule has 0 aliphatic carbocycles. The number of ether oxygens (including phenoxy) is 1. The number of benzene rings is 3. The van der Waals surface area contributed by atoms with Crippen LogP contribution in [0.3, 0.4) is 0 Å². The molecule has 0 spiro atoms. The number of nitrogens with one attached hydrogen (secondary N) is 1. The summed E-state index contributed by atoms with van der Waals surface area (Å²) in [7, 11) is 1.50. The van der Waals surface area contributed by atoms with Crippen LogP contribution in [0.15, 0.2) is 76.3 Å². The SMILES string of the molecule is COc1ccccc1C(c1cccc(Nc2c(N)c(=O)c2=O)c1)c1c(F)cccc1C(N)=O. The second-order valence-electron chi connectivity index (χ2n) is 7.44. The highest BCUT2D eigenvalue weighted by Crippen LogP contribution is 2.40. The van der Waals surface area contributed by atoms with Gasteiger partial charge in [-0.2, -0.15) is 0 Å². The van der Waals surface area contributed by atoms with E-state index in [0.717, 1.165) is 0 Å². The first-order valence-corrected chi connectivity index (χ1v) is 10.00. The highest BCUT2D eigenvalue weighted by molar-refractivity contribution is 5.95. The van der Waals surface area contributed by atoms with E-state index in [-0.39, 0.29) is 22.5 Å². The number of primary amides is 1. The molecule has 0 aliphatic rings. The number of carbonyl (C=O) groups is 1. The highest BCUT2D eigenvalue weighted by Gasteiger charge is 2.28. The third-order valence-corrected chi connectivity index (χ3v) is 5.49. The average molecular weight is 445 g/mol. The third-order valence-electron chi connectivity index (χ3n) is 5.49. The predicted molar refractivity (Wildman–Crippen MR) is 124 cm³/mol. The van der Waals surface area contributed by atoms with Gasteiger partial charge < -0.3 is 21.5 Å². The van der Waals surface area contributed by atoms with Gasteiger partial charge in [-0.3, -0.25) is 14.4 Å². The summed E-state index contributed by atoms with van der Waals surface area (Å²) in [6.07, 6.45) is 0. The van der Waals surface area contributed by atoms with Crippen LogP contribution in [-0.4, -0.2) is 13.0 Å². The van der Waals surface area contributed by atoms with Gasteiger partial charge >= 0.3 is 0 Å². The fraction of sp³-hybridized carbons (Fsp3) is 0.0800. The molecule has 1 atom stereocenters. The van der Waals surface area contributed by atoms with Gasteiger partial charge in [-0.25, -0.2) is 4.39 Å². The molecular formula is C25H20FN3O4. The monoisotopic (exact) mass is 445 g/mol. The van der Waals surface area contributed by atoms with Gasteiger partial charge in [-0.1, -0.05) is 36.4 Å². The summed E-state index contributed by atoms with van der Waals surface area (Å²) in [6.45, 7) is 0. The molecular weight excluding hydrogens is 425 g/mol. The van der Waals surface area contributed by atoms with Crippen molar-refractivity contribution in [2.24, 2.45) is 5.73 Å². The molecule has 8 heteroatoms. The number of hydrogen-bond acceptors (Lipinski definition) is 6. The minimum Gasteiger partial charge on any atom is -0.496 e. The Balaban J connectivity index is 1.92. The van der Waals surface area contributed by atoms with E-state index in [0.29, 0.717) is 22.6 Å². The van der Waals surface area contributed by atoms with Gasteiger partial charge in [0.1, 0.15) is 22.9 Å². The molecule has 0 radical (unpaired) electrons. The lowest BCUT2D eigenvalue weighted by atomic mass is 9.81. The Hall–Kier alpha value is -4.46. The Morgan fingerprint density at radius 2 is 1.73 bits per heavy atom. The maximum atomic E-state index is 15.2. The normalized spacial score (nSPS) is 11.8. The van der Waals surface area contributed by atoms with E-state index < -0.39 is 28.5 Å². The first-order chi connectivity index (χ1) is 15.8. The quantitative estimate of drug-likeness (QED) is 0.297. The van der Waals surface area contributed by atoms with E-state index in [2.05, 4.69) is 5.32 Å². The van der Waals surface area contributed by atoms with Gasteiger partial charge in [-0.15, -0.1) is 0 Å². The standard InChI is InChI=1S/C25H20FN3O4/c1-33-18-11-3-2-8-15(18)19(20-16(25(28)32)9-5-10-17(20)26)13-6-4-7-14(12-13)29-22-21(27)23(30)24(22)31/h2-12,19,29H,27H2,1H3,(H2,28,32). The number of carbonyl (C=O) groups excluding carboxylic acids is 1. The van der Waals surface area contributed by atoms with Gasteiger partial charge in [0.2, 0.25) is 5.91 Å². The fourth-order valence-corrected chi connectivity index (χ4v) is 3.93. The van der Waals surface area contributed by atoms with Crippen LogP contribution in [0.4, 0.5) is 21.5 Å². The number of halogens is 1. The van der Waals surface area contributed by atoms with Crippen molar-refractivity contribution >= 4 is 23.0 Å². The number of rotatable bonds is 7. The summed E-state index contributed by atoms with van der Waals surface area (Å²) >= 11 is 0. The molecule has 166 valence electrons. The predicted octanol–water partition coefficient (Wildman–Crippen LogP) is 3.04. The molecule has 0 heterocycles. The minimum atomic E-state index is -0.768. The zero-order valence-corrected chi connectivity index (χ0v) is 17.6. The second-order valence-corrected chi connectivity index (χ2v) is 7.44. The molecule has 4 rings (SSSR count). The molecule has 1 amide bonds. The molecule has 33 heavy (non-hydrogen) atoms. The largest absolute Gasteiger partial charge is 0.496 e. The lowest BCUT2D eigenvalue weighted by Gasteiger charge is -2.24. The Morgan fingerprint density at radius 1 is 1.00 bits per heavy atom. The van der Waals surface area contributed by atoms with Gasteiger partial charge in [0.25, 0.3) is 10.9 Å². The lowest BCUT2D eigenvalue weighted by molar-refractivity contribution is 0.0998. The molecule has 4 aromatic carbocycles. The Morgan fingerprint density at radius 3 is 2.42 bits per heavy atom. The van der Waals surface area contributed by atoms with Crippen LogP contribution in [0, 0.1) is 5.82 Å². The number of methoxy groups -OCH3 is 1. The van der Waals surface area contributed by atoms with Crippen LogP contribution in [0.1, 0.15) is 33.0 Å². The van der Waals surface area contributed by atoms with Crippen LogP contribution in [0.2, 0.25) is 0 Å². The first kappa shape index (κ1) is 21.8. The molecule has 4 aromatic rings. The van der Waals surface area contributed by atoms with Crippen molar-refractivity contribution in [2.75, 3.05) is 18.2 Å². The number of para-hydroxylation sites is 1. The van der Waals surface area contributed by atoms with Crippen molar-refractivity contribution in [3.63, 3.8) is 0 Å². The van der Waals surface area contributed by atoms with E-state index in [1.165, 1.54) is 25.3 Å². The van der Waals surface area contributed by atoms with E-state index in [1.807, 2.05) is 0 Å². The molecule has 0 aromatic heterocycles. The number of hydrogen-bond donors (Lipinski definition) is 3. The Bertz CT molecular complexity index is 1440. The van der Waals surface area contributed by atoms with Gasteiger partial charge in [0.05, 0.1) is 7.11 Å². The van der Waals surface area contributed by atoms with Crippen molar-refractivity contribution < 1.29 is 13.9 Å². The van der Waals surface area contributed by atoms with E-state index >= 15 is 4.39 Å². The molecule has 7 nitrogen and oxygen atoms in total. The fourth-order valence-electron chi connectivity index (χ4n) is 3.93. The second kappa shape index (κ2) is 8.58. The Labute approximate surface area is 188 Å². The Kier molecular flexibility index (Phi) is 5.66. The number of amides is 1. The number of anilines is 3. The number of nitrogens with two attached hydrogens (primary N) is 2. The van der Waals surface area contributed by atoms with Crippen molar-refractivity contribution in [1.82, 2.24) is 0 Å². The molecule has 0 saturated carbocycles. The molecule has 0 aliphatic heterocycles. The average Bonchev–Trinajstić information content (AvgIpc) is 2.83. The zero-order valence-electron chi connectivity index (χ0n) is 17.6. The van der Waals surface area contributed by atoms with Crippen molar-refractivity contribution in [2.45, 2.75) is 5.92 Å².